The van der Waals surface area contributed by atoms with Gasteiger partial charge in [0.1, 0.15) is 0 Å². The second kappa shape index (κ2) is 2.86. The van der Waals surface area contributed by atoms with Gasteiger partial charge in [-0.05, 0) is 26.2 Å². The molecular formula is C9H14. The molecule has 9 heavy (non-hydrogen) atoms. The molecule has 0 atom stereocenters. The second-order valence-electron chi connectivity index (χ2n) is 2.62. The fourth-order valence-corrected chi connectivity index (χ4v) is 1.25. The summed E-state index contributed by atoms with van der Waals surface area (Å²) in [5.74, 6) is 0. The van der Waals surface area contributed by atoms with E-state index >= 15 is 0 Å². The third kappa shape index (κ3) is 1.44. The van der Waals surface area contributed by atoms with E-state index in [0.717, 1.165) is 0 Å². The highest BCUT2D eigenvalue weighted by molar-refractivity contribution is 5.21. The molecule has 0 heterocycles. The Morgan fingerprint density at radius 3 is 2.44 bits per heavy atom. The van der Waals surface area contributed by atoms with Gasteiger partial charge in [-0.2, -0.15) is 0 Å². The van der Waals surface area contributed by atoms with Crippen LogP contribution in [0.5, 0.6) is 0 Å². The molecule has 1 rings (SSSR count). The Morgan fingerprint density at radius 1 is 1.33 bits per heavy atom. The monoisotopic (exact) mass is 122 g/mol. The summed E-state index contributed by atoms with van der Waals surface area (Å²) in [7, 11) is 0. The van der Waals surface area contributed by atoms with Crippen molar-refractivity contribution in [3.63, 3.8) is 0 Å². The number of hydrogen-bond acceptors (Lipinski definition) is 0. The first-order chi connectivity index (χ1) is 4.34. The summed E-state index contributed by atoms with van der Waals surface area (Å²) in [6, 6.07) is 0. The normalized spacial score (nSPS) is 18.9. The van der Waals surface area contributed by atoms with E-state index in [4.69, 9.17) is 0 Å². The first-order valence-corrected chi connectivity index (χ1v) is 3.67. The molecule has 0 heteroatoms. The Hall–Kier alpha value is -0.520. The lowest BCUT2D eigenvalue weighted by molar-refractivity contribution is 0.941. The van der Waals surface area contributed by atoms with Crippen LogP contribution in [0.15, 0.2) is 23.3 Å². The van der Waals surface area contributed by atoms with E-state index in [9.17, 15) is 0 Å². The number of hydrogen-bond donors (Lipinski definition) is 0. The van der Waals surface area contributed by atoms with Gasteiger partial charge in [0.05, 0.1) is 0 Å². The van der Waals surface area contributed by atoms with Crippen LogP contribution >= 0.6 is 0 Å². The van der Waals surface area contributed by atoms with Crippen molar-refractivity contribution in [3.8, 4) is 0 Å². The molecule has 0 N–H and O–H groups in total. The van der Waals surface area contributed by atoms with Crippen molar-refractivity contribution >= 4 is 0 Å². The molecule has 0 saturated carbocycles. The molecule has 50 valence electrons. The summed E-state index contributed by atoms with van der Waals surface area (Å²) in [4.78, 5) is 0. The molecule has 0 nitrogen and oxygen atoms in total. The van der Waals surface area contributed by atoms with Crippen molar-refractivity contribution < 1.29 is 0 Å². The van der Waals surface area contributed by atoms with Crippen LogP contribution in [0.1, 0.15) is 33.1 Å². The van der Waals surface area contributed by atoms with Crippen LogP contribution in [0.2, 0.25) is 0 Å². The van der Waals surface area contributed by atoms with Gasteiger partial charge in [-0.3, -0.25) is 0 Å². The molecule has 0 amide bonds. The highest BCUT2D eigenvalue weighted by Gasteiger charge is 2.00. The third-order valence-corrected chi connectivity index (χ3v) is 1.99. The van der Waals surface area contributed by atoms with E-state index in [0.29, 0.717) is 0 Å². The lowest BCUT2D eigenvalue weighted by Crippen LogP contribution is -1.89. The van der Waals surface area contributed by atoms with Crippen molar-refractivity contribution in [1.82, 2.24) is 0 Å². The number of rotatable bonds is 1. The van der Waals surface area contributed by atoms with Crippen molar-refractivity contribution in [2.24, 2.45) is 0 Å². The average molecular weight is 122 g/mol. The molecule has 0 fully saturated rings. The summed E-state index contributed by atoms with van der Waals surface area (Å²) in [6.45, 7) is 4.47. The minimum absolute atomic E-state index is 1.18. The van der Waals surface area contributed by atoms with Crippen LogP contribution in [-0.4, -0.2) is 0 Å². The smallest absolute Gasteiger partial charge is 0.0136 e. The zero-order chi connectivity index (χ0) is 6.69. The Morgan fingerprint density at radius 2 is 2.00 bits per heavy atom. The minimum Gasteiger partial charge on any atom is -0.0842 e. The molecule has 0 spiro atoms. The molecule has 0 aromatic rings. The SMILES string of the molecule is CCC1=C(C)CC=CC1. The van der Waals surface area contributed by atoms with Crippen LogP contribution in [0.25, 0.3) is 0 Å². The fraction of sp³-hybridized carbons (Fsp3) is 0.556. The van der Waals surface area contributed by atoms with Crippen molar-refractivity contribution in [3.05, 3.63) is 23.3 Å². The molecule has 0 unspecified atom stereocenters. The van der Waals surface area contributed by atoms with Gasteiger partial charge < -0.3 is 0 Å². The first-order valence-electron chi connectivity index (χ1n) is 3.67. The van der Waals surface area contributed by atoms with Crippen molar-refractivity contribution in [2.75, 3.05) is 0 Å². The van der Waals surface area contributed by atoms with Gasteiger partial charge in [-0.15, -0.1) is 0 Å². The van der Waals surface area contributed by atoms with Gasteiger partial charge >= 0.3 is 0 Å². The van der Waals surface area contributed by atoms with Gasteiger partial charge in [0, 0.05) is 0 Å². The zero-order valence-corrected chi connectivity index (χ0v) is 6.28. The molecule has 0 saturated heterocycles. The topological polar surface area (TPSA) is 0 Å². The maximum absolute atomic E-state index is 2.27. The standard InChI is InChI=1S/C9H14/c1-3-9-7-5-4-6-8(9)2/h4-5H,3,6-7H2,1-2H3. The maximum Gasteiger partial charge on any atom is -0.0136 e. The van der Waals surface area contributed by atoms with E-state index in [-0.39, 0.29) is 0 Å². The van der Waals surface area contributed by atoms with Gasteiger partial charge in [-0.1, -0.05) is 30.2 Å². The van der Waals surface area contributed by atoms with Crippen LogP contribution in [0.4, 0.5) is 0 Å². The molecule has 0 aliphatic heterocycles. The van der Waals surface area contributed by atoms with E-state index in [2.05, 4.69) is 26.0 Å². The van der Waals surface area contributed by atoms with Crippen molar-refractivity contribution in [2.45, 2.75) is 33.1 Å². The lowest BCUT2D eigenvalue weighted by atomic mass is 9.97. The highest BCUT2D eigenvalue weighted by Crippen LogP contribution is 2.20. The van der Waals surface area contributed by atoms with Gasteiger partial charge in [0.2, 0.25) is 0 Å². The molecule has 1 aliphatic carbocycles. The molecule has 0 bridgehead atoms. The largest absolute Gasteiger partial charge is 0.0842 e. The van der Waals surface area contributed by atoms with E-state index in [1.54, 1.807) is 11.1 Å². The van der Waals surface area contributed by atoms with Crippen LogP contribution < -0.4 is 0 Å². The molecule has 0 aromatic heterocycles. The summed E-state index contributed by atoms with van der Waals surface area (Å²) in [6.07, 6.45) is 8.14. The highest BCUT2D eigenvalue weighted by atomic mass is 14.1. The lowest BCUT2D eigenvalue weighted by Gasteiger charge is -2.10. The zero-order valence-electron chi connectivity index (χ0n) is 6.28. The molecule has 0 radical (unpaired) electrons. The molecule has 0 aromatic carbocycles. The Balaban J connectivity index is 2.64. The molecular weight excluding hydrogens is 108 g/mol. The van der Waals surface area contributed by atoms with Gasteiger partial charge in [-0.25, -0.2) is 0 Å². The fourth-order valence-electron chi connectivity index (χ4n) is 1.25. The van der Waals surface area contributed by atoms with Crippen LogP contribution in [0, 0.1) is 0 Å². The van der Waals surface area contributed by atoms with E-state index < -0.39 is 0 Å². The summed E-state index contributed by atoms with van der Waals surface area (Å²) in [5, 5.41) is 0. The van der Waals surface area contributed by atoms with Crippen LogP contribution in [0.3, 0.4) is 0 Å². The predicted octanol–water partition coefficient (Wildman–Crippen LogP) is 3.06. The second-order valence-corrected chi connectivity index (χ2v) is 2.62. The summed E-state index contributed by atoms with van der Waals surface area (Å²) < 4.78 is 0. The quantitative estimate of drug-likeness (QED) is 0.469. The maximum atomic E-state index is 2.27. The Labute approximate surface area is 57.3 Å². The van der Waals surface area contributed by atoms with Gasteiger partial charge in [0.25, 0.3) is 0 Å². The summed E-state index contributed by atoms with van der Waals surface area (Å²) in [5.41, 5.74) is 3.22. The Bertz CT molecular complexity index is 149. The third-order valence-electron chi connectivity index (χ3n) is 1.99. The van der Waals surface area contributed by atoms with Crippen LogP contribution in [-0.2, 0) is 0 Å². The molecule has 1 aliphatic rings. The number of allylic oxidation sites excluding steroid dienone is 4. The first kappa shape index (κ1) is 6.60. The predicted molar refractivity (Wildman–Crippen MR) is 41.4 cm³/mol. The summed E-state index contributed by atoms with van der Waals surface area (Å²) >= 11 is 0. The minimum atomic E-state index is 1.18. The Kier molecular flexibility index (Phi) is 2.10. The van der Waals surface area contributed by atoms with Crippen molar-refractivity contribution in [1.29, 1.82) is 0 Å². The van der Waals surface area contributed by atoms with Gasteiger partial charge in [0.15, 0.2) is 0 Å². The van der Waals surface area contributed by atoms with E-state index in [1.807, 2.05) is 0 Å². The average Bonchev–Trinajstić information content (AvgIpc) is 1.89. The van der Waals surface area contributed by atoms with E-state index in [1.165, 1.54) is 19.3 Å².